The van der Waals surface area contributed by atoms with Crippen LogP contribution >= 0.6 is 0 Å². The lowest BCUT2D eigenvalue weighted by Crippen LogP contribution is -2.28. The molecule has 24 heavy (non-hydrogen) atoms. The van der Waals surface area contributed by atoms with Gasteiger partial charge in [-0.05, 0) is 48.6 Å². The minimum Gasteiger partial charge on any atom is -0.497 e. The summed E-state index contributed by atoms with van der Waals surface area (Å²) in [5, 5.41) is 0. The van der Waals surface area contributed by atoms with Crippen molar-refractivity contribution in [3.05, 3.63) is 59.7 Å². The number of methoxy groups -OCH3 is 1. The minimum atomic E-state index is 0.160. The first kappa shape index (κ1) is 17.9. The Kier molecular flexibility index (Phi) is 6.67. The number of nitrogen functional groups attached to an aromatic ring is 1. The standard InChI is InChI=1S/C20H26N2O2/c1-22(15-5-6-16-9-12-18(24-2)13-10-16)20(23)14-11-17-7-3-4-8-19(17)21/h3-4,7-10,12-13H,5-6,11,14-15,21H2,1-2H3. The molecule has 2 rings (SSSR count). The van der Waals surface area contributed by atoms with Gasteiger partial charge in [-0.2, -0.15) is 0 Å². The maximum absolute atomic E-state index is 12.2. The molecule has 0 saturated heterocycles. The number of carbonyl (C=O) groups excluding carboxylic acids is 1. The lowest BCUT2D eigenvalue weighted by atomic mass is 10.1. The first-order valence-electron chi connectivity index (χ1n) is 8.30. The van der Waals surface area contributed by atoms with Crippen LogP contribution in [-0.2, 0) is 17.6 Å². The number of rotatable bonds is 8. The predicted molar refractivity (Wildman–Crippen MR) is 98.1 cm³/mol. The molecule has 0 bridgehead atoms. The summed E-state index contributed by atoms with van der Waals surface area (Å²) < 4.78 is 5.15. The normalized spacial score (nSPS) is 10.4. The van der Waals surface area contributed by atoms with Crippen LogP contribution in [0.4, 0.5) is 5.69 Å². The second-order valence-electron chi connectivity index (χ2n) is 5.97. The van der Waals surface area contributed by atoms with E-state index in [2.05, 4.69) is 12.1 Å². The van der Waals surface area contributed by atoms with Crippen molar-refractivity contribution in [1.82, 2.24) is 4.90 Å². The van der Waals surface area contributed by atoms with Crippen molar-refractivity contribution in [3.63, 3.8) is 0 Å². The van der Waals surface area contributed by atoms with Gasteiger partial charge < -0.3 is 15.4 Å². The molecule has 0 aliphatic carbocycles. The van der Waals surface area contributed by atoms with Crippen LogP contribution in [0, 0.1) is 0 Å². The highest BCUT2D eigenvalue weighted by Crippen LogP contribution is 2.14. The average Bonchev–Trinajstić information content (AvgIpc) is 2.61. The Balaban J connectivity index is 1.72. The zero-order valence-corrected chi connectivity index (χ0v) is 14.5. The van der Waals surface area contributed by atoms with E-state index in [1.54, 1.807) is 7.11 Å². The van der Waals surface area contributed by atoms with E-state index >= 15 is 0 Å². The third-order valence-corrected chi connectivity index (χ3v) is 4.21. The average molecular weight is 326 g/mol. The summed E-state index contributed by atoms with van der Waals surface area (Å²) in [6, 6.07) is 15.8. The van der Waals surface area contributed by atoms with E-state index in [-0.39, 0.29) is 5.91 Å². The van der Waals surface area contributed by atoms with Crippen molar-refractivity contribution in [1.29, 1.82) is 0 Å². The molecule has 0 atom stereocenters. The molecule has 1 amide bonds. The molecule has 2 aromatic carbocycles. The monoisotopic (exact) mass is 326 g/mol. The molecule has 0 heterocycles. The molecule has 2 aromatic rings. The SMILES string of the molecule is COc1ccc(CCCN(C)C(=O)CCc2ccccc2N)cc1. The first-order valence-corrected chi connectivity index (χ1v) is 8.30. The topological polar surface area (TPSA) is 55.6 Å². The fourth-order valence-electron chi connectivity index (χ4n) is 2.63. The van der Waals surface area contributed by atoms with Gasteiger partial charge in [0.05, 0.1) is 7.11 Å². The number of ether oxygens (including phenoxy) is 1. The van der Waals surface area contributed by atoms with Crippen molar-refractivity contribution >= 4 is 11.6 Å². The molecule has 0 aromatic heterocycles. The number of anilines is 1. The maximum atomic E-state index is 12.2. The van der Waals surface area contributed by atoms with Crippen molar-refractivity contribution in [3.8, 4) is 5.75 Å². The molecule has 0 aliphatic rings. The smallest absolute Gasteiger partial charge is 0.222 e. The lowest BCUT2D eigenvalue weighted by molar-refractivity contribution is -0.129. The number of benzene rings is 2. The Hall–Kier alpha value is -2.49. The van der Waals surface area contributed by atoms with E-state index in [4.69, 9.17) is 10.5 Å². The van der Waals surface area contributed by atoms with Crippen LogP contribution in [0.5, 0.6) is 5.75 Å². The van der Waals surface area contributed by atoms with E-state index in [1.165, 1.54) is 5.56 Å². The number of amides is 1. The van der Waals surface area contributed by atoms with E-state index in [0.717, 1.165) is 36.4 Å². The molecule has 128 valence electrons. The van der Waals surface area contributed by atoms with Gasteiger partial charge in [-0.15, -0.1) is 0 Å². The van der Waals surface area contributed by atoms with Crippen LogP contribution in [0.1, 0.15) is 24.0 Å². The highest BCUT2D eigenvalue weighted by molar-refractivity contribution is 5.76. The second kappa shape index (κ2) is 8.96. The number of hydrogen-bond acceptors (Lipinski definition) is 3. The summed E-state index contributed by atoms with van der Waals surface area (Å²) in [4.78, 5) is 14.0. The third kappa shape index (κ3) is 5.30. The summed E-state index contributed by atoms with van der Waals surface area (Å²) in [5.41, 5.74) is 8.97. The molecule has 0 aliphatic heterocycles. The number of carbonyl (C=O) groups is 1. The van der Waals surface area contributed by atoms with Crippen molar-refractivity contribution in [2.24, 2.45) is 0 Å². The van der Waals surface area contributed by atoms with Crippen molar-refractivity contribution in [2.75, 3.05) is 26.4 Å². The van der Waals surface area contributed by atoms with E-state index in [0.29, 0.717) is 12.8 Å². The van der Waals surface area contributed by atoms with Gasteiger partial charge in [-0.25, -0.2) is 0 Å². The maximum Gasteiger partial charge on any atom is 0.222 e. The van der Waals surface area contributed by atoms with Gasteiger partial charge in [-0.1, -0.05) is 30.3 Å². The first-order chi connectivity index (χ1) is 11.6. The van der Waals surface area contributed by atoms with Crippen LogP contribution in [0.2, 0.25) is 0 Å². The Morgan fingerprint density at radius 3 is 2.46 bits per heavy atom. The van der Waals surface area contributed by atoms with Gasteiger partial charge in [0.2, 0.25) is 5.91 Å². The molecule has 2 N–H and O–H groups in total. The number of para-hydroxylation sites is 1. The van der Waals surface area contributed by atoms with Gasteiger partial charge in [0.15, 0.2) is 0 Å². The predicted octanol–water partition coefficient (Wildman–Crippen LogP) is 3.30. The summed E-state index contributed by atoms with van der Waals surface area (Å²) >= 11 is 0. The van der Waals surface area contributed by atoms with Gasteiger partial charge in [0.1, 0.15) is 5.75 Å². The number of nitrogens with two attached hydrogens (primary N) is 1. The minimum absolute atomic E-state index is 0.160. The van der Waals surface area contributed by atoms with E-state index < -0.39 is 0 Å². The molecule has 0 spiro atoms. The van der Waals surface area contributed by atoms with Crippen LogP contribution < -0.4 is 10.5 Å². The fourth-order valence-corrected chi connectivity index (χ4v) is 2.63. The summed E-state index contributed by atoms with van der Waals surface area (Å²) in [6.45, 7) is 0.759. The highest BCUT2D eigenvalue weighted by atomic mass is 16.5. The van der Waals surface area contributed by atoms with Gasteiger partial charge in [-0.3, -0.25) is 4.79 Å². The largest absolute Gasteiger partial charge is 0.497 e. The zero-order valence-electron chi connectivity index (χ0n) is 14.5. The Bertz CT molecular complexity index is 653. The Labute approximate surface area is 144 Å². The molecule has 4 heteroatoms. The van der Waals surface area contributed by atoms with E-state index in [1.807, 2.05) is 48.3 Å². The molecule has 4 nitrogen and oxygen atoms in total. The fraction of sp³-hybridized carbons (Fsp3) is 0.350. The van der Waals surface area contributed by atoms with Crippen LogP contribution in [0.3, 0.4) is 0 Å². The second-order valence-corrected chi connectivity index (χ2v) is 5.97. The Morgan fingerprint density at radius 1 is 1.08 bits per heavy atom. The molecular formula is C20H26N2O2. The molecule has 0 radical (unpaired) electrons. The van der Waals surface area contributed by atoms with Gasteiger partial charge >= 0.3 is 0 Å². The van der Waals surface area contributed by atoms with Gasteiger partial charge in [0, 0.05) is 25.7 Å². The molecule has 0 saturated carbocycles. The molecule has 0 fully saturated rings. The lowest BCUT2D eigenvalue weighted by Gasteiger charge is -2.17. The van der Waals surface area contributed by atoms with E-state index in [9.17, 15) is 4.79 Å². The van der Waals surface area contributed by atoms with Crippen LogP contribution in [0.25, 0.3) is 0 Å². The summed E-state index contributed by atoms with van der Waals surface area (Å²) in [6.07, 6.45) is 3.08. The third-order valence-electron chi connectivity index (χ3n) is 4.21. The zero-order chi connectivity index (χ0) is 17.4. The number of aryl methyl sites for hydroxylation is 2. The number of nitrogens with zero attached hydrogens (tertiary/aromatic N) is 1. The quantitative estimate of drug-likeness (QED) is 0.757. The van der Waals surface area contributed by atoms with Crippen molar-refractivity contribution < 1.29 is 9.53 Å². The molecular weight excluding hydrogens is 300 g/mol. The molecule has 0 unspecified atom stereocenters. The van der Waals surface area contributed by atoms with Crippen molar-refractivity contribution in [2.45, 2.75) is 25.7 Å². The Morgan fingerprint density at radius 2 is 1.79 bits per heavy atom. The van der Waals surface area contributed by atoms with Gasteiger partial charge in [0.25, 0.3) is 0 Å². The highest BCUT2D eigenvalue weighted by Gasteiger charge is 2.09. The number of hydrogen-bond donors (Lipinski definition) is 1. The van der Waals surface area contributed by atoms with Crippen LogP contribution in [0.15, 0.2) is 48.5 Å². The summed E-state index contributed by atoms with van der Waals surface area (Å²) in [5.74, 6) is 1.03. The summed E-state index contributed by atoms with van der Waals surface area (Å²) in [7, 11) is 3.53. The van der Waals surface area contributed by atoms with Crippen LogP contribution in [-0.4, -0.2) is 31.5 Å².